The molecule has 0 aliphatic heterocycles. The molecule has 0 amide bonds. The Hall–Kier alpha value is -0.300. The third kappa shape index (κ3) is 2.14. The van der Waals surface area contributed by atoms with Gasteiger partial charge in [0.1, 0.15) is 0 Å². The van der Waals surface area contributed by atoms with E-state index >= 15 is 0 Å². The Balaban J connectivity index is 2.74. The zero-order chi connectivity index (χ0) is 7.40. The molecule has 1 aliphatic rings. The molecule has 10 heavy (non-hydrogen) atoms. The van der Waals surface area contributed by atoms with Gasteiger partial charge in [-0.2, -0.15) is 0 Å². The largest absolute Gasteiger partial charge is 0.0793 e. The van der Waals surface area contributed by atoms with E-state index in [0.29, 0.717) is 0 Å². The van der Waals surface area contributed by atoms with Crippen LogP contribution in [-0.2, 0) is 0 Å². The van der Waals surface area contributed by atoms with Crippen LogP contribution in [0.1, 0.15) is 19.8 Å². The predicted octanol–water partition coefficient (Wildman–Crippen LogP) is 3.56. The van der Waals surface area contributed by atoms with Crippen LogP contribution in [0.25, 0.3) is 0 Å². The lowest BCUT2D eigenvalue weighted by molar-refractivity contribution is 1.03. The van der Waals surface area contributed by atoms with Gasteiger partial charge in [0.25, 0.3) is 0 Å². The van der Waals surface area contributed by atoms with Gasteiger partial charge in [0.05, 0.1) is 0 Å². The summed E-state index contributed by atoms with van der Waals surface area (Å²) in [6.07, 6.45) is 10.8. The van der Waals surface area contributed by atoms with Gasteiger partial charge in [-0.1, -0.05) is 46.7 Å². The highest BCUT2D eigenvalue weighted by Crippen LogP contribution is 2.16. The van der Waals surface area contributed by atoms with Crippen molar-refractivity contribution in [3.05, 3.63) is 34.4 Å². The summed E-state index contributed by atoms with van der Waals surface area (Å²) in [5, 5.41) is 0. The lowest BCUT2D eigenvalue weighted by atomic mass is 10.1. The molecule has 0 saturated carbocycles. The lowest BCUT2D eigenvalue weighted by Crippen LogP contribution is -1.74. The molecule has 1 rings (SSSR count). The summed E-state index contributed by atoms with van der Waals surface area (Å²) in [5.74, 6) is 0. The van der Waals surface area contributed by atoms with Crippen LogP contribution < -0.4 is 0 Å². The highest BCUT2D eigenvalue weighted by atomic mass is 79.9. The molecule has 0 spiro atoms. The van der Waals surface area contributed by atoms with Gasteiger partial charge in [-0.15, -0.1) is 0 Å². The number of hydrogen-bond acceptors (Lipinski definition) is 0. The van der Waals surface area contributed by atoms with Gasteiger partial charge in [-0.25, -0.2) is 0 Å². The summed E-state index contributed by atoms with van der Waals surface area (Å²) < 4.78 is 1.16. The van der Waals surface area contributed by atoms with Crippen LogP contribution in [0.3, 0.4) is 0 Å². The number of allylic oxidation sites excluding steroid dienone is 6. The third-order valence-corrected chi connectivity index (χ3v) is 2.12. The lowest BCUT2D eigenvalue weighted by Gasteiger charge is -1.94. The van der Waals surface area contributed by atoms with E-state index in [-0.39, 0.29) is 0 Å². The Labute approximate surface area is 70.5 Å². The van der Waals surface area contributed by atoms with Crippen LogP contribution in [0.2, 0.25) is 0 Å². The van der Waals surface area contributed by atoms with Crippen molar-refractivity contribution in [1.29, 1.82) is 0 Å². The molecule has 0 N–H and O–H groups in total. The Bertz CT molecular complexity index is 197. The summed E-state index contributed by atoms with van der Waals surface area (Å²) in [5.41, 5.74) is 1.49. The highest BCUT2D eigenvalue weighted by molar-refractivity contribution is 9.11. The van der Waals surface area contributed by atoms with Crippen molar-refractivity contribution in [1.82, 2.24) is 0 Å². The van der Waals surface area contributed by atoms with Crippen molar-refractivity contribution in [2.75, 3.05) is 0 Å². The summed E-state index contributed by atoms with van der Waals surface area (Å²) in [6.45, 7) is 2.19. The molecular weight excluding hydrogens is 188 g/mol. The number of hydrogen-bond donors (Lipinski definition) is 0. The van der Waals surface area contributed by atoms with Gasteiger partial charge in [-0.05, 0) is 18.9 Å². The van der Waals surface area contributed by atoms with Crippen molar-refractivity contribution >= 4 is 15.9 Å². The molecule has 0 saturated heterocycles. The second-order valence-electron chi connectivity index (χ2n) is 2.34. The first-order chi connectivity index (χ1) is 4.83. The van der Waals surface area contributed by atoms with Crippen LogP contribution in [-0.4, -0.2) is 0 Å². The molecule has 0 aromatic heterocycles. The van der Waals surface area contributed by atoms with Gasteiger partial charge in [-0.3, -0.25) is 0 Å². The number of halogens is 1. The standard InChI is InChI=1S/C9H11Br/c1-2-8-4-3-5-9(10)7-6-8/h3,5-7H,2,4H2,1H3. The van der Waals surface area contributed by atoms with Crippen LogP contribution in [0, 0.1) is 0 Å². The Morgan fingerprint density at radius 2 is 2.30 bits per heavy atom. The fourth-order valence-corrected chi connectivity index (χ4v) is 1.23. The first kappa shape index (κ1) is 7.80. The molecule has 0 unspecified atom stereocenters. The van der Waals surface area contributed by atoms with Crippen molar-refractivity contribution in [2.45, 2.75) is 19.8 Å². The molecule has 0 nitrogen and oxygen atoms in total. The maximum Gasteiger partial charge on any atom is 0.0172 e. The Morgan fingerprint density at radius 3 is 3.00 bits per heavy atom. The zero-order valence-electron chi connectivity index (χ0n) is 6.10. The van der Waals surface area contributed by atoms with Crippen LogP contribution in [0.15, 0.2) is 34.4 Å². The van der Waals surface area contributed by atoms with E-state index in [1.54, 1.807) is 0 Å². The molecule has 0 bridgehead atoms. The maximum atomic E-state index is 3.42. The van der Waals surface area contributed by atoms with Crippen LogP contribution in [0.5, 0.6) is 0 Å². The summed E-state index contributed by atoms with van der Waals surface area (Å²) in [4.78, 5) is 0. The van der Waals surface area contributed by atoms with Gasteiger partial charge in [0.15, 0.2) is 0 Å². The van der Waals surface area contributed by atoms with E-state index in [4.69, 9.17) is 0 Å². The SMILES string of the molecule is CCC1=CC=C(Br)C=CC1. The first-order valence-corrected chi connectivity index (χ1v) is 4.34. The average Bonchev–Trinajstić information content (AvgIpc) is 2.14. The van der Waals surface area contributed by atoms with E-state index in [0.717, 1.165) is 17.3 Å². The fourth-order valence-electron chi connectivity index (χ4n) is 0.906. The van der Waals surface area contributed by atoms with E-state index in [2.05, 4.69) is 47.2 Å². The summed E-state index contributed by atoms with van der Waals surface area (Å²) >= 11 is 3.42. The Morgan fingerprint density at radius 1 is 1.50 bits per heavy atom. The van der Waals surface area contributed by atoms with Crippen LogP contribution >= 0.6 is 15.9 Å². The molecule has 0 aromatic rings. The maximum absolute atomic E-state index is 3.42. The van der Waals surface area contributed by atoms with Gasteiger partial charge in [0.2, 0.25) is 0 Å². The van der Waals surface area contributed by atoms with Crippen molar-refractivity contribution in [3.8, 4) is 0 Å². The molecule has 0 aromatic carbocycles. The molecule has 0 heterocycles. The minimum atomic E-state index is 1.10. The van der Waals surface area contributed by atoms with Gasteiger partial charge >= 0.3 is 0 Å². The smallest absolute Gasteiger partial charge is 0.0172 e. The predicted molar refractivity (Wildman–Crippen MR) is 49.1 cm³/mol. The number of rotatable bonds is 1. The normalized spacial score (nSPS) is 17.8. The average molecular weight is 199 g/mol. The second-order valence-corrected chi connectivity index (χ2v) is 3.25. The summed E-state index contributed by atoms with van der Waals surface area (Å²) in [7, 11) is 0. The van der Waals surface area contributed by atoms with Crippen molar-refractivity contribution in [2.24, 2.45) is 0 Å². The fraction of sp³-hybridized carbons (Fsp3) is 0.333. The van der Waals surface area contributed by atoms with Crippen LogP contribution in [0.4, 0.5) is 0 Å². The third-order valence-electron chi connectivity index (χ3n) is 1.59. The molecule has 1 aliphatic carbocycles. The van der Waals surface area contributed by atoms with E-state index in [1.165, 1.54) is 5.57 Å². The molecular formula is C9H11Br. The molecule has 0 atom stereocenters. The zero-order valence-corrected chi connectivity index (χ0v) is 7.69. The van der Waals surface area contributed by atoms with Crippen molar-refractivity contribution in [3.63, 3.8) is 0 Å². The monoisotopic (exact) mass is 198 g/mol. The van der Waals surface area contributed by atoms with Gasteiger partial charge < -0.3 is 0 Å². The van der Waals surface area contributed by atoms with E-state index in [9.17, 15) is 0 Å². The highest BCUT2D eigenvalue weighted by Gasteiger charge is 1.93. The van der Waals surface area contributed by atoms with E-state index < -0.39 is 0 Å². The molecule has 54 valence electrons. The topological polar surface area (TPSA) is 0 Å². The van der Waals surface area contributed by atoms with E-state index in [1.807, 2.05) is 0 Å². The second kappa shape index (κ2) is 3.77. The first-order valence-electron chi connectivity index (χ1n) is 3.54. The quantitative estimate of drug-likeness (QED) is 0.605. The molecule has 0 radical (unpaired) electrons. The molecule has 0 fully saturated rings. The summed E-state index contributed by atoms with van der Waals surface area (Å²) in [6, 6.07) is 0. The minimum Gasteiger partial charge on any atom is -0.0793 e. The minimum absolute atomic E-state index is 1.10. The molecule has 1 heteroatoms. The Kier molecular flexibility index (Phi) is 2.94. The van der Waals surface area contributed by atoms with Crippen molar-refractivity contribution < 1.29 is 0 Å². The van der Waals surface area contributed by atoms with Gasteiger partial charge in [0, 0.05) is 4.48 Å².